The number of carbonyl (C=O) groups is 2. The van der Waals surface area contributed by atoms with Gasteiger partial charge in [0.15, 0.2) is 5.78 Å². The molecule has 41 heavy (non-hydrogen) atoms. The number of hydrogen-bond donors (Lipinski definition) is 1. The molecular weight excluding hydrogens is 510 g/mol. The van der Waals surface area contributed by atoms with E-state index in [1.165, 1.54) is 0 Å². The van der Waals surface area contributed by atoms with Crippen LogP contribution in [0.4, 0.5) is 5.69 Å². The van der Waals surface area contributed by atoms with Crippen molar-refractivity contribution in [3.8, 4) is 23.0 Å². The van der Waals surface area contributed by atoms with E-state index < -0.39 is 22.0 Å². The van der Waals surface area contributed by atoms with Gasteiger partial charge in [-0.2, -0.15) is 4.74 Å². The summed E-state index contributed by atoms with van der Waals surface area (Å²) in [6, 6.07) is 23.8. The van der Waals surface area contributed by atoms with E-state index >= 15 is 0 Å². The molecule has 1 N–H and O–H groups in total. The second-order valence-electron chi connectivity index (χ2n) is 12.8. The van der Waals surface area contributed by atoms with Crippen molar-refractivity contribution in [3.63, 3.8) is 0 Å². The number of amides is 1. The Morgan fingerprint density at radius 2 is 1.63 bits per heavy atom. The summed E-state index contributed by atoms with van der Waals surface area (Å²) in [4.78, 5) is 29.5. The van der Waals surface area contributed by atoms with Crippen LogP contribution in [0.15, 0.2) is 78.9 Å². The number of ketones is 1. The minimum Gasteiger partial charge on any atom is -0.618 e. The minimum absolute atomic E-state index is 0.0124. The smallest absolute Gasteiger partial charge is 0.248 e. The molecular formula is C35H27N3O3. The summed E-state index contributed by atoms with van der Waals surface area (Å²) in [5, 5.41) is 17.8. The average Bonchev–Trinajstić information content (AvgIpc) is 3.24. The van der Waals surface area contributed by atoms with Crippen LogP contribution < -0.4 is 5.32 Å². The first kappa shape index (κ1) is 23.3. The molecule has 5 heterocycles. The Hall–Kier alpha value is -4.47. The van der Waals surface area contributed by atoms with E-state index in [9.17, 15) is 14.8 Å². The van der Waals surface area contributed by atoms with Crippen LogP contribution >= 0.6 is 0 Å². The standard InChI is InChI=1S/C35H27N3O3/c1-32(2)28-26(20-33-29(32)35(36-33)30(39)34(35)18-7-19-37(34)31(33)40)25-11-6-10-24(27(25)38(28)41)23-16-14-22(15-17-23)13-12-21-8-4-3-5-9-21/h3-6,8-11,14-17,20,29,36H,7,18-19H2,1-2H3/t29?,33-,34+,35?/m0/s1. The topological polar surface area (TPSA) is 75.5 Å². The molecule has 5 fully saturated rings. The number of piperidine rings is 1. The molecule has 2 unspecified atom stereocenters. The van der Waals surface area contributed by atoms with Crippen molar-refractivity contribution in [1.82, 2.24) is 10.2 Å². The van der Waals surface area contributed by atoms with E-state index in [4.69, 9.17) is 0 Å². The highest BCUT2D eigenvalue weighted by atomic mass is 16.5. The van der Waals surface area contributed by atoms with Gasteiger partial charge in [0.25, 0.3) is 0 Å². The molecule has 6 nitrogen and oxygen atoms in total. The summed E-state index contributed by atoms with van der Waals surface area (Å²) in [6.45, 7) is 4.72. The maximum atomic E-state index is 14.3. The van der Waals surface area contributed by atoms with Gasteiger partial charge in [0.05, 0.1) is 22.1 Å². The number of carbonyl (C=O) groups excluding carboxylic acids is 2. The van der Waals surface area contributed by atoms with E-state index in [0.29, 0.717) is 24.4 Å². The molecule has 1 saturated carbocycles. The molecule has 0 aromatic heterocycles. The summed E-state index contributed by atoms with van der Waals surface area (Å²) in [5.74, 6) is 6.24. The van der Waals surface area contributed by atoms with Gasteiger partial charge in [-0.1, -0.05) is 48.2 Å². The van der Waals surface area contributed by atoms with Crippen LogP contribution in [0.5, 0.6) is 0 Å². The number of nitrogens with one attached hydrogen (secondary N) is 1. The summed E-state index contributed by atoms with van der Waals surface area (Å²) >= 11 is 0. The normalized spacial score (nSPS) is 32.5. The number of Topliss-reactive ketones (excluding diaryl/α,β-unsaturated/α-hetero) is 1. The fourth-order valence-electron chi connectivity index (χ4n) is 9.21. The van der Waals surface area contributed by atoms with E-state index in [2.05, 4.69) is 17.2 Å². The van der Waals surface area contributed by atoms with Crippen LogP contribution in [-0.2, 0) is 9.59 Å². The van der Waals surface area contributed by atoms with Crippen LogP contribution in [0.25, 0.3) is 16.7 Å². The molecule has 6 heteroatoms. The summed E-state index contributed by atoms with van der Waals surface area (Å²) in [7, 11) is 0. The van der Waals surface area contributed by atoms with Gasteiger partial charge in [0.2, 0.25) is 17.3 Å². The van der Waals surface area contributed by atoms with Crippen LogP contribution in [0.2, 0.25) is 0 Å². The quantitative estimate of drug-likeness (QED) is 0.283. The number of fused-ring (bicyclic) bond motifs is 3. The zero-order valence-corrected chi connectivity index (χ0v) is 22.8. The monoisotopic (exact) mass is 537 g/mol. The van der Waals surface area contributed by atoms with Gasteiger partial charge >= 0.3 is 0 Å². The highest BCUT2D eigenvalue weighted by Crippen LogP contribution is 2.75. The second-order valence-corrected chi connectivity index (χ2v) is 12.8. The number of para-hydroxylation sites is 1. The number of piperazine rings is 1. The van der Waals surface area contributed by atoms with Gasteiger partial charge in [-0.25, -0.2) is 0 Å². The number of nitrogens with zero attached hydrogens (tertiary/aromatic N) is 2. The molecule has 2 aliphatic carbocycles. The Bertz CT molecular complexity index is 1890. The average molecular weight is 538 g/mol. The molecule has 2 bridgehead atoms. The first-order valence-electron chi connectivity index (χ1n) is 14.3. The van der Waals surface area contributed by atoms with Crippen LogP contribution in [0.1, 0.15) is 43.4 Å². The molecule has 4 atom stereocenters. The van der Waals surface area contributed by atoms with Gasteiger partial charge in [0, 0.05) is 23.6 Å². The van der Waals surface area contributed by atoms with Crippen LogP contribution in [0.3, 0.4) is 0 Å². The molecule has 5 aliphatic heterocycles. The van der Waals surface area contributed by atoms with E-state index in [1.54, 1.807) is 0 Å². The minimum atomic E-state index is -0.958. The lowest BCUT2D eigenvalue weighted by atomic mass is 9.48. The Morgan fingerprint density at radius 1 is 0.927 bits per heavy atom. The maximum absolute atomic E-state index is 14.3. The van der Waals surface area contributed by atoms with E-state index in [-0.39, 0.29) is 17.6 Å². The fourth-order valence-corrected chi connectivity index (χ4v) is 9.21. The third-order valence-corrected chi connectivity index (χ3v) is 10.6. The predicted molar refractivity (Wildman–Crippen MR) is 155 cm³/mol. The van der Waals surface area contributed by atoms with Crippen LogP contribution in [0, 0.1) is 28.4 Å². The summed E-state index contributed by atoms with van der Waals surface area (Å²) < 4.78 is 1.08. The fraction of sp³-hybridized carbons (Fsp3) is 0.286. The Morgan fingerprint density at radius 3 is 2.39 bits per heavy atom. The van der Waals surface area contributed by atoms with Gasteiger partial charge in [-0.05, 0) is 74.7 Å². The van der Waals surface area contributed by atoms with Crippen molar-refractivity contribution < 1.29 is 14.3 Å². The molecule has 3 aromatic rings. The van der Waals surface area contributed by atoms with Gasteiger partial charge in [-0.15, -0.1) is 0 Å². The van der Waals surface area contributed by atoms with Gasteiger partial charge in [-0.3, -0.25) is 14.9 Å². The molecule has 3 spiro atoms. The molecule has 200 valence electrons. The maximum Gasteiger partial charge on any atom is 0.248 e. The van der Waals surface area contributed by atoms with Gasteiger partial charge < -0.3 is 10.1 Å². The number of allylic oxidation sites excluding steroid dienone is 1. The third kappa shape index (κ3) is 2.38. The molecule has 3 aromatic carbocycles. The van der Waals surface area contributed by atoms with Crippen molar-refractivity contribution in [2.75, 3.05) is 6.54 Å². The highest BCUT2D eigenvalue weighted by molar-refractivity contribution is 6.34. The van der Waals surface area contributed by atoms with Crippen molar-refractivity contribution in [3.05, 3.63) is 101 Å². The summed E-state index contributed by atoms with van der Waals surface area (Å²) in [6.07, 6.45) is 3.52. The van der Waals surface area contributed by atoms with Crippen molar-refractivity contribution in [2.45, 2.75) is 43.3 Å². The predicted octanol–water partition coefficient (Wildman–Crippen LogP) is 4.43. The van der Waals surface area contributed by atoms with E-state index in [0.717, 1.165) is 44.6 Å². The first-order chi connectivity index (χ1) is 19.8. The lowest BCUT2D eigenvalue weighted by Crippen LogP contribution is -2.89. The molecule has 7 aliphatic rings. The van der Waals surface area contributed by atoms with Gasteiger partial charge in [0.1, 0.15) is 16.6 Å². The lowest BCUT2D eigenvalue weighted by molar-refractivity contribution is -0.362. The molecule has 1 amide bonds. The Balaban J connectivity index is 1.16. The Labute approximate surface area is 238 Å². The lowest BCUT2D eigenvalue weighted by Gasteiger charge is -2.66. The molecule has 4 saturated heterocycles. The molecule has 10 rings (SSSR count). The SMILES string of the molecule is CC1(C)C2=[N+]([O-])c3c(cccc3-c3ccc(C#Cc4ccccc4)cc3)C2=C[C@@]23NC4(C(=O)[C@]45CCCN5C2=O)C13. The largest absolute Gasteiger partial charge is 0.618 e. The number of rotatable bonds is 1. The van der Waals surface area contributed by atoms with E-state index in [1.807, 2.05) is 97.6 Å². The second kappa shape index (κ2) is 7.05. The third-order valence-electron chi connectivity index (χ3n) is 10.6. The zero-order chi connectivity index (χ0) is 27.9. The number of hydrogen-bond acceptors (Lipinski definition) is 4. The molecule has 0 radical (unpaired) electrons. The Kier molecular flexibility index (Phi) is 4.00. The zero-order valence-electron chi connectivity index (χ0n) is 22.8. The number of benzene rings is 3. The van der Waals surface area contributed by atoms with Crippen molar-refractivity contribution in [1.29, 1.82) is 0 Å². The van der Waals surface area contributed by atoms with Crippen molar-refractivity contribution in [2.24, 2.45) is 11.3 Å². The summed E-state index contributed by atoms with van der Waals surface area (Å²) in [5.41, 5.74) is 3.38. The van der Waals surface area contributed by atoms with Crippen LogP contribution in [-0.4, -0.2) is 50.2 Å². The van der Waals surface area contributed by atoms with Crippen molar-refractivity contribution >= 4 is 28.7 Å². The highest BCUT2D eigenvalue weighted by Gasteiger charge is 2.99. The first-order valence-corrected chi connectivity index (χ1v) is 14.3.